The summed E-state index contributed by atoms with van der Waals surface area (Å²) in [6, 6.07) is 22.2. The second-order valence-corrected chi connectivity index (χ2v) is 9.34. The van der Waals surface area contributed by atoms with Crippen molar-refractivity contribution in [1.82, 2.24) is 4.90 Å². The predicted octanol–water partition coefficient (Wildman–Crippen LogP) is 6.01. The summed E-state index contributed by atoms with van der Waals surface area (Å²) in [4.78, 5) is 15.8. The number of carbonyl (C=O) groups excluding carboxylic acids is 1. The van der Waals surface area contributed by atoms with Crippen LogP contribution < -0.4 is 20.1 Å². The number of anilines is 2. The fraction of sp³-hybridized carbons (Fsp3) is 0.300. The minimum absolute atomic E-state index is 0.163. The molecule has 2 aliphatic heterocycles. The van der Waals surface area contributed by atoms with E-state index in [4.69, 9.17) is 9.47 Å². The maximum Gasteiger partial charge on any atom is 0.258 e. The van der Waals surface area contributed by atoms with E-state index in [0.29, 0.717) is 22.8 Å². The summed E-state index contributed by atoms with van der Waals surface area (Å²) in [5.41, 5.74) is 5.97. The van der Waals surface area contributed by atoms with Gasteiger partial charge in [-0.25, -0.2) is 0 Å². The van der Waals surface area contributed by atoms with Crippen molar-refractivity contribution in [3.05, 3.63) is 83.4 Å². The van der Waals surface area contributed by atoms with Gasteiger partial charge in [-0.2, -0.15) is 0 Å². The van der Waals surface area contributed by atoms with Gasteiger partial charge in [0.2, 0.25) is 0 Å². The van der Waals surface area contributed by atoms with E-state index >= 15 is 0 Å². The lowest BCUT2D eigenvalue weighted by atomic mass is 9.99. The molecule has 1 saturated heterocycles. The number of hydrogen-bond donors (Lipinski definition) is 2. The van der Waals surface area contributed by atoms with Crippen molar-refractivity contribution in [3.63, 3.8) is 0 Å². The van der Waals surface area contributed by atoms with Gasteiger partial charge in [0, 0.05) is 23.9 Å². The number of nitrogens with one attached hydrogen (secondary N) is 2. The third kappa shape index (κ3) is 5.09. The molecule has 36 heavy (non-hydrogen) atoms. The number of methoxy groups -OCH3 is 2. The van der Waals surface area contributed by atoms with E-state index in [1.807, 2.05) is 36.4 Å². The maximum atomic E-state index is 13.2. The molecule has 0 saturated carbocycles. The number of likely N-dealkylation sites (tertiary alicyclic amines) is 1. The molecule has 0 atom stereocenters. The fourth-order valence-corrected chi connectivity index (χ4v) is 5.02. The van der Waals surface area contributed by atoms with Crippen molar-refractivity contribution in [1.29, 1.82) is 0 Å². The SMILES string of the molecule is COc1cc2c(cc1OC)/C(=C(/Nc1ccc(CN3CCCCCC3)cc1)c1ccccc1)C(=O)N2. The Balaban J connectivity index is 1.49. The maximum absolute atomic E-state index is 13.2. The molecule has 1 amide bonds. The zero-order valence-electron chi connectivity index (χ0n) is 21.0. The number of ether oxygens (including phenoxy) is 2. The van der Waals surface area contributed by atoms with Crippen LogP contribution in [0.1, 0.15) is 42.4 Å². The number of amides is 1. The van der Waals surface area contributed by atoms with Crippen molar-refractivity contribution >= 4 is 28.6 Å². The predicted molar refractivity (Wildman–Crippen MR) is 145 cm³/mol. The van der Waals surface area contributed by atoms with E-state index in [0.717, 1.165) is 29.1 Å². The van der Waals surface area contributed by atoms with Gasteiger partial charge in [0.05, 0.1) is 31.2 Å². The summed E-state index contributed by atoms with van der Waals surface area (Å²) in [5, 5.41) is 6.54. The van der Waals surface area contributed by atoms with Crippen LogP contribution in [0.4, 0.5) is 11.4 Å². The van der Waals surface area contributed by atoms with E-state index in [2.05, 4.69) is 39.8 Å². The van der Waals surface area contributed by atoms with Gasteiger partial charge >= 0.3 is 0 Å². The molecule has 186 valence electrons. The zero-order chi connectivity index (χ0) is 24.9. The highest BCUT2D eigenvalue weighted by molar-refractivity contribution is 6.37. The molecule has 0 aromatic heterocycles. The number of fused-ring (bicyclic) bond motifs is 1. The highest BCUT2D eigenvalue weighted by Crippen LogP contribution is 2.43. The van der Waals surface area contributed by atoms with Crippen molar-refractivity contribution in [3.8, 4) is 11.5 Å². The van der Waals surface area contributed by atoms with E-state index in [1.165, 1.54) is 44.3 Å². The first-order chi connectivity index (χ1) is 17.7. The van der Waals surface area contributed by atoms with E-state index in [-0.39, 0.29) is 5.91 Å². The molecule has 1 fully saturated rings. The van der Waals surface area contributed by atoms with Crippen LogP contribution in [0.3, 0.4) is 0 Å². The number of benzene rings is 3. The van der Waals surface area contributed by atoms with Crippen molar-refractivity contribution in [2.45, 2.75) is 32.2 Å². The van der Waals surface area contributed by atoms with Crippen LogP contribution in [-0.4, -0.2) is 38.1 Å². The Kier molecular flexibility index (Phi) is 7.23. The normalized spacial score (nSPS) is 17.1. The van der Waals surface area contributed by atoms with Gasteiger partial charge in [-0.15, -0.1) is 0 Å². The Bertz CT molecular complexity index is 1240. The van der Waals surface area contributed by atoms with Crippen LogP contribution in [-0.2, 0) is 11.3 Å². The molecule has 0 bridgehead atoms. The highest BCUT2D eigenvalue weighted by atomic mass is 16.5. The molecule has 5 rings (SSSR count). The smallest absolute Gasteiger partial charge is 0.258 e. The number of carbonyl (C=O) groups is 1. The van der Waals surface area contributed by atoms with Gasteiger partial charge in [-0.3, -0.25) is 9.69 Å². The van der Waals surface area contributed by atoms with Crippen molar-refractivity contribution in [2.75, 3.05) is 37.9 Å². The first-order valence-corrected chi connectivity index (χ1v) is 12.6. The van der Waals surface area contributed by atoms with E-state index < -0.39 is 0 Å². The molecule has 3 aromatic rings. The molecule has 2 heterocycles. The van der Waals surface area contributed by atoms with Crippen molar-refractivity contribution in [2.24, 2.45) is 0 Å². The van der Waals surface area contributed by atoms with E-state index in [1.54, 1.807) is 20.3 Å². The Hall–Kier alpha value is -3.77. The molecule has 6 heteroatoms. The molecule has 0 aliphatic carbocycles. The second kappa shape index (κ2) is 10.9. The fourth-order valence-electron chi connectivity index (χ4n) is 5.02. The molecule has 2 N–H and O–H groups in total. The lowest BCUT2D eigenvalue weighted by Crippen LogP contribution is -2.23. The number of nitrogens with zero attached hydrogens (tertiary/aromatic N) is 1. The summed E-state index contributed by atoms with van der Waals surface area (Å²) in [6.45, 7) is 3.32. The minimum atomic E-state index is -0.163. The van der Waals surface area contributed by atoms with Gasteiger partial charge < -0.3 is 20.1 Å². The van der Waals surface area contributed by atoms with Crippen LogP contribution in [0, 0.1) is 0 Å². The molecular formula is C30H33N3O3. The van der Waals surface area contributed by atoms with Gasteiger partial charge in [0.1, 0.15) is 0 Å². The largest absolute Gasteiger partial charge is 0.493 e. The molecule has 6 nitrogen and oxygen atoms in total. The molecule has 0 unspecified atom stereocenters. The Morgan fingerprint density at radius 3 is 2.22 bits per heavy atom. The first-order valence-electron chi connectivity index (χ1n) is 12.6. The summed E-state index contributed by atoms with van der Waals surface area (Å²) >= 11 is 0. The van der Waals surface area contributed by atoms with Crippen molar-refractivity contribution < 1.29 is 14.3 Å². The third-order valence-corrected chi connectivity index (χ3v) is 6.91. The Labute approximate surface area is 212 Å². The third-order valence-electron chi connectivity index (χ3n) is 6.91. The van der Waals surface area contributed by atoms with Gasteiger partial charge in [-0.1, -0.05) is 55.3 Å². The first kappa shape index (κ1) is 23.9. The summed E-state index contributed by atoms with van der Waals surface area (Å²) in [6.07, 6.45) is 5.25. The lowest BCUT2D eigenvalue weighted by molar-refractivity contribution is -0.110. The minimum Gasteiger partial charge on any atom is -0.493 e. The molecule has 2 aliphatic rings. The lowest BCUT2D eigenvalue weighted by Gasteiger charge is -2.20. The standard InChI is InChI=1S/C30H33N3O3/c1-35-26-18-24-25(19-27(26)36-2)32-30(34)28(24)29(22-10-6-5-7-11-22)31-23-14-12-21(13-15-23)20-33-16-8-3-4-9-17-33/h5-7,10-15,18-19,31H,3-4,8-9,16-17,20H2,1-2H3,(H,32,34)/b29-28-. The highest BCUT2D eigenvalue weighted by Gasteiger charge is 2.30. The van der Waals surface area contributed by atoms with Crippen LogP contribution in [0.15, 0.2) is 66.7 Å². The van der Waals surface area contributed by atoms with Crippen LogP contribution >= 0.6 is 0 Å². The topological polar surface area (TPSA) is 62.8 Å². The summed E-state index contributed by atoms with van der Waals surface area (Å²) in [5.74, 6) is 0.993. The van der Waals surface area contributed by atoms with Crippen LogP contribution in [0.25, 0.3) is 11.3 Å². The van der Waals surface area contributed by atoms with Gasteiger partial charge in [-0.05, 0) is 55.3 Å². The summed E-state index contributed by atoms with van der Waals surface area (Å²) < 4.78 is 11.0. The molecular weight excluding hydrogens is 450 g/mol. The second-order valence-electron chi connectivity index (χ2n) is 9.34. The Morgan fingerprint density at radius 2 is 1.56 bits per heavy atom. The quantitative estimate of drug-likeness (QED) is 0.403. The number of hydrogen-bond acceptors (Lipinski definition) is 5. The summed E-state index contributed by atoms with van der Waals surface area (Å²) in [7, 11) is 3.19. The van der Waals surface area contributed by atoms with Gasteiger partial charge in [0.15, 0.2) is 11.5 Å². The average Bonchev–Trinajstić information content (AvgIpc) is 3.05. The Morgan fingerprint density at radius 1 is 0.889 bits per heavy atom. The average molecular weight is 484 g/mol. The zero-order valence-corrected chi connectivity index (χ0v) is 21.0. The van der Waals surface area contributed by atoms with E-state index in [9.17, 15) is 4.79 Å². The monoisotopic (exact) mass is 483 g/mol. The van der Waals surface area contributed by atoms with Crippen LogP contribution in [0.2, 0.25) is 0 Å². The van der Waals surface area contributed by atoms with Crippen LogP contribution in [0.5, 0.6) is 11.5 Å². The molecule has 0 spiro atoms. The number of rotatable bonds is 7. The molecule has 0 radical (unpaired) electrons. The van der Waals surface area contributed by atoms with Gasteiger partial charge in [0.25, 0.3) is 5.91 Å². The molecule has 3 aromatic carbocycles.